The zero-order chi connectivity index (χ0) is 14.7. The number of rotatable bonds is 3. The molecular formula is C15H20F2N2O. The highest BCUT2D eigenvalue weighted by molar-refractivity contribution is 5.82. The highest BCUT2D eigenvalue weighted by Crippen LogP contribution is 2.22. The van der Waals surface area contributed by atoms with E-state index >= 15 is 0 Å². The number of piperidine rings is 1. The van der Waals surface area contributed by atoms with E-state index in [9.17, 15) is 13.6 Å². The van der Waals surface area contributed by atoms with Crippen molar-refractivity contribution in [2.24, 2.45) is 0 Å². The van der Waals surface area contributed by atoms with Crippen LogP contribution in [0.3, 0.4) is 0 Å². The van der Waals surface area contributed by atoms with Crippen molar-refractivity contribution in [1.82, 2.24) is 10.2 Å². The van der Waals surface area contributed by atoms with Gasteiger partial charge < -0.3 is 10.2 Å². The Balaban J connectivity index is 2.08. The maximum absolute atomic E-state index is 13.3. The molecule has 0 aliphatic carbocycles. The number of hydrogen-bond donors (Lipinski definition) is 1. The van der Waals surface area contributed by atoms with E-state index in [0.29, 0.717) is 5.56 Å². The topological polar surface area (TPSA) is 32.3 Å². The molecule has 2 rings (SSSR count). The molecule has 1 aliphatic rings. The minimum atomic E-state index is -0.883. The van der Waals surface area contributed by atoms with Gasteiger partial charge in [-0.25, -0.2) is 8.78 Å². The van der Waals surface area contributed by atoms with E-state index in [-0.39, 0.29) is 18.0 Å². The van der Waals surface area contributed by atoms with Gasteiger partial charge in [-0.3, -0.25) is 4.79 Å². The number of benzene rings is 1. The first-order chi connectivity index (χ1) is 9.50. The Morgan fingerprint density at radius 1 is 1.35 bits per heavy atom. The summed E-state index contributed by atoms with van der Waals surface area (Å²) in [6.45, 7) is 2.66. The van der Waals surface area contributed by atoms with Crippen LogP contribution in [0.25, 0.3) is 0 Å². The normalized spacial score (nSPS) is 20.5. The van der Waals surface area contributed by atoms with E-state index < -0.39 is 11.6 Å². The molecule has 2 atom stereocenters. The molecule has 0 bridgehead atoms. The Kier molecular flexibility index (Phi) is 4.70. The summed E-state index contributed by atoms with van der Waals surface area (Å²) < 4.78 is 26.2. The van der Waals surface area contributed by atoms with E-state index in [1.807, 2.05) is 6.92 Å². The van der Waals surface area contributed by atoms with Crippen LogP contribution in [-0.4, -0.2) is 30.4 Å². The van der Waals surface area contributed by atoms with Gasteiger partial charge in [-0.1, -0.05) is 12.5 Å². The number of likely N-dealkylation sites (N-methyl/N-ethyl adjacent to an activating group) is 1. The highest BCUT2D eigenvalue weighted by Gasteiger charge is 2.27. The van der Waals surface area contributed by atoms with Gasteiger partial charge in [0.2, 0.25) is 5.91 Å². The summed E-state index contributed by atoms with van der Waals surface area (Å²) in [5.41, 5.74) is 0.593. The molecule has 1 amide bonds. The molecule has 1 fully saturated rings. The van der Waals surface area contributed by atoms with Gasteiger partial charge in [-0.15, -0.1) is 0 Å². The van der Waals surface area contributed by atoms with Gasteiger partial charge in [0.25, 0.3) is 0 Å². The van der Waals surface area contributed by atoms with Crippen molar-refractivity contribution in [2.45, 2.75) is 38.3 Å². The Hall–Kier alpha value is -1.49. The number of nitrogens with zero attached hydrogens (tertiary/aromatic N) is 1. The van der Waals surface area contributed by atoms with Gasteiger partial charge >= 0.3 is 0 Å². The molecule has 1 N–H and O–H groups in total. The zero-order valence-corrected chi connectivity index (χ0v) is 11.8. The predicted octanol–water partition coefficient (Wildman–Crippen LogP) is 2.63. The van der Waals surface area contributed by atoms with Gasteiger partial charge in [0, 0.05) is 7.05 Å². The monoisotopic (exact) mass is 282 g/mol. The lowest BCUT2D eigenvalue weighted by Crippen LogP contribution is -2.47. The fourth-order valence-electron chi connectivity index (χ4n) is 2.50. The molecule has 1 unspecified atom stereocenters. The maximum Gasteiger partial charge on any atom is 0.239 e. The van der Waals surface area contributed by atoms with Crippen LogP contribution in [0.15, 0.2) is 18.2 Å². The van der Waals surface area contributed by atoms with Crippen molar-refractivity contribution < 1.29 is 13.6 Å². The molecule has 5 heteroatoms. The lowest BCUT2D eigenvalue weighted by Gasteiger charge is -2.31. The van der Waals surface area contributed by atoms with Gasteiger partial charge in [0.1, 0.15) is 0 Å². The number of carbonyl (C=O) groups is 1. The SMILES string of the molecule is CC(c1ccc(F)c(F)c1)N(C)C(=O)[C@H]1CCCCN1. The maximum atomic E-state index is 13.3. The van der Waals surface area contributed by atoms with Crippen LogP contribution in [0.2, 0.25) is 0 Å². The number of hydrogen-bond acceptors (Lipinski definition) is 2. The summed E-state index contributed by atoms with van der Waals surface area (Å²) in [4.78, 5) is 14.0. The van der Waals surface area contributed by atoms with Crippen molar-refractivity contribution in [3.05, 3.63) is 35.4 Å². The smallest absolute Gasteiger partial charge is 0.239 e. The third kappa shape index (κ3) is 3.15. The molecule has 110 valence electrons. The zero-order valence-electron chi connectivity index (χ0n) is 11.8. The lowest BCUT2D eigenvalue weighted by atomic mass is 10.0. The van der Waals surface area contributed by atoms with Crippen LogP contribution in [0.1, 0.15) is 37.8 Å². The fourth-order valence-corrected chi connectivity index (χ4v) is 2.50. The van der Waals surface area contributed by atoms with Crippen LogP contribution < -0.4 is 5.32 Å². The van der Waals surface area contributed by atoms with Gasteiger partial charge in [0.15, 0.2) is 11.6 Å². The summed E-state index contributed by atoms with van der Waals surface area (Å²) in [5.74, 6) is -1.75. The third-order valence-electron chi connectivity index (χ3n) is 3.96. The minimum Gasteiger partial charge on any atom is -0.338 e. The molecule has 20 heavy (non-hydrogen) atoms. The molecule has 1 heterocycles. The second-order valence-electron chi connectivity index (χ2n) is 5.30. The molecule has 3 nitrogen and oxygen atoms in total. The van der Waals surface area contributed by atoms with E-state index in [1.165, 1.54) is 6.07 Å². The standard InChI is InChI=1S/C15H20F2N2O/c1-10(11-6-7-12(16)13(17)9-11)19(2)15(20)14-5-3-4-8-18-14/h6-7,9-10,14,18H,3-5,8H2,1-2H3/t10?,14-/m1/s1. The first-order valence-corrected chi connectivity index (χ1v) is 6.95. The number of amides is 1. The Morgan fingerprint density at radius 2 is 2.10 bits per heavy atom. The number of halogens is 2. The predicted molar refractivity (Wildman–Crippen MR) is 73.2 cm³/mol. The van der Waals surface area contributed by atoms with Gasteiger partial charge in [0.05, 0.1) is 12.1 Å². The Bertz CT molecular complexity index is 487. The van der Waals surface area contributed by atoms with E-state index in [0.717, 1.165) is 37.9 Å². The van der Waals surface area contributed by atoms with Crippen molar-refractivity contribution >= 4 is 5.91 Å². The summed E-state index contributed by atoms with van der Waals surface area (Å²) in [6.07, 6.45) is 2.96. The van der Waals surface area contributed by atoms with E-state index in [1.54, 1.807) is 11.9 Å². The molecular weight excluding hydrogens is 262 g/mol. The minimum absolute atomic E-state index is 0.00179. The second kappa shape index (κ2) is 6.31. The molecule has 0 saturated carbocycles. The summed E-state index contributed by atoms with van der Waals surface area (Å²) in [6, 6.07) is 3.31. The van der Waals surface area contributed by atoms with Crippen molar-refractivity contribution in [3.63, 3.8) is 0 Å². The van der Waals surface area contributed by atoms with Crippen LogP contribution >= 0.6 is 0 Å². The van der Waals surface area contributed by atoms with Crippen LogP contribution in [0.5, 0.6) is 0 Å². The summed E-state index contributed by atoms with van der Waals surface area (Å²) in [5, 5.41) is 3.20. The number of nitrogens with one attached hydrogen (secondary N) is 1. The fraction of sp³-hybridized carbons (Fsp3) is 0.533. The second-order valence-corrected chi connectivity index (χ2v) is 5.30. The molecule has 1 aromatic carbocycles. The average Bonchev–Trinajstić information content (AvgIpc) is 2.48. The molecule has 1 aromatic rings. The first kappa shape index (κ1) is 14.9. The molecule has 1 aliphatic heterocycles. The van der Waals surface area contributed by atoms with Crippen molar-refractivity contribution in [2.75, 3.05) is 13.6 Å². The van der Waals surface area contributed by atoms with E-state index in [2.05, 4.69) is 5.32 Å². The van der Waals surface area contributed by atoms with Crippen LogP contribution in [-0.2, 0) is 4.79 Å². The molecule has 0 spiro atoms. The largest absolute Gasteiger partial charge is 0.338 e. The summed E-state index contributed by atoms with van der Waals surface area (Å²) in [7, 11) is 1.70. The molecule has 1 saturated heterocycles. The van der Waals surface area contributed by atoms with Crippen molar-refractivity contribution in [1.29, 1.82) is 0 Å². The first-order valence-electron chi connectivity index (χ1n) is 6.95. The van der Waals surface area contributed by atoms with Gasteiger partial charge in [-0.2, -0.15) is 0 Å². The van der Waals surface area contributed by atoms with Gasteiger partial charge in [-0.05, 0) is 44.0 Å². The molecule has 0 radical (unpaired) electrons. The summed E-state index contributed by atoms with van der Waals surface area (Å²) >= 11 is 0. The quantitative estimate of drug-likeness (QED) is 0.924. The average molecular weight is 282 g/mol. The van der Waals surface area contributed by atoms with Crippen LogP contribution in [0, 0.1) is 11.6 Å². The molecule has 0 aromatic heterocycles. The van der Waals surface area contributed by atoms with Crippen LogP contribution in [0.4, 0.5) is 8.78 Å². The lowest BCUT2D eigenvalue weighted by molar-refractivity contribution is -0.134. The Morgan fingerprint density at radius 3 is 2.70 bits per heavy atom. The Labute approximate surface area is 118 Å². The van der Waals surface area contributed by atoms with Crippen molar-refractivity contribution in [3.8, 4) is 0 Å². The highest BCUT2D eigenvalue weighted by atomic mass is 19.2. The van der Waals surface area contributed by atoms with E-state index in [4.69, 9.17) is 0 Å². The number of carbonyl (C=O) groups excluding carboxylic acids is 1. The third-order valence-corrected chi connectivity index (χ3v) is 3.96.